The zero-order chi connectivity index (χ0) is 17.0. The van der Waals surface area contributed by atoms with E-state index in [1.54, 1.807) is 0 Å². The number of hydrogen-bond donors (Lipinski definition) is 0. The molecule has 0 N–H and O–H groups in total. The Hall–Kier alpha value is -0.120. The van der Waals surface area contributed by atoms with Crippen LogP contribution in [0, 0.1) is 0 Å². The predicted molar refractivity (Wildman–Crippen MR) is 102 cm³/mol. The Balaban J connectivity index is 1.68. The SMILES string of the molecule is CCCCCCC(CCC)OCC1CN(C2CCCCC2)CCO1. The van der Waals surface area contributed by atoms with Gasteiger partial charge in [0.2, 0.25) is 0 Å². The van der Waals surface area contributed by atoms with Crippen molar-refractivity contribution in [1.82, 2.24) is 4.90 Å². The van der Waals surface area contributed by atoms with E-state index in [9.17, 15) is 0 Å². The summed E-state index contributed by atoms with van der Waals surface area (Å²) in [5, 5.41) is 0. The number of hydrogen-bond acceptors (Lipinski definition) is 3. The normalized spacial score (nSPS) is 25.0. The molecule has 1 heterocycles. The van der Waals surface area contributed by atoms with E-state index >= 15 is 0 Å². The molecule has 0 aromatic heterocycles. The molecular formula is C21H41NO2. The fourth-order valence-corrected chi connectivity index (χ4v) is 4.30. The van der Waals surface area contributed by atoms with Gasteiger partial charge in [0.1, 0.15) is 0 Å². The summed E-state index contributed by atoms with van der Waals surface area (Å²) in [6, 6.07) is 0.811. The maximum atomic E-state index is 6.29. The van der Waals surface area contributed by atoms with Gasteiger partial charge in [0.05, 0.1) is 25.4 Å². The standard InChI is InChI=1S/C21H41NO2/c1-3-5-6-10-14-20(11-4-2)24-18-21-17-22(15-16-23-21)19-12-8-7-9-13-19/h19-21H,3-18H2,1-2H3. The minimum atomic E-state index is 0.288. The zero-order valence-electron chi connectivity index (χ0n) is 16.3. The maximum absolute atomic E-state index is 6.29. The van der Waals surface area contributed by atoms with Crippen molar-refractivity contribution >= 4 is 0 Å². The molecule has 0 radical (unpaired) electrons. The van der Waals surface area contributed by atoms with Crippen LogP contribution in [0.15, 0.2) is 0 Å². The zero-order valence-corrected chi connectivity index (χ0v) is 16.3. The van der Waals surface area contributed by atoms with Crippen LogP contribution in [0.2, 0.25) is 0 Å². The van der Waals surface area contributed by atoms with Crippen LogP contribution < -0.4 is 0 Å². The summed E-state index contributed by atoms with van der Waals surface area (Å²) < 4.78 is 12.3. The average molecular weight is 340 g/mol. The highest BCUT2D eigenvalue weighted by molar-refractivity contribution is 4.81. The van der Waals surface area contributed by atoms with Gasteiger partial charge in [-0.1, -0.05) is 65.2 Å². The lowest BCUT2D eigenvalue weighted by molar-refractivity contribution is -0.0976. The lowest BCUT2D eigenvalue weighted by Crippen LogP contribution is -2.49. The first-order valence-corrected chi connectivity index (χ1v) is 10.8. The van der Waals surface area contributed by atoms with Gasteiger partial charge in [-0.25, -0.2) is 0 Å². The highest BCUT2D eigenvalue weighted by atomic mass is 16.5. The molecule has 0 bridgehead atoms. The highest BCUT2D eigenvalue weighted by Gasteiger charge is 2.28. The van der Waals surface area contributed by atoms with Crippen LogP contribution in [0.1, 0.15) is 90.9 Å². The molecule has 142 valence electrons. The number of nitrogens with zero attached hydrogens (tertiary/aromatic N) is 1. The van der Waals surface area contributed by atoms with E-state index in [1.807, 2.05) is 0 Å². The van der Waals surface area contributed by atoms with E-state index in [0.717, 1.165) is 32.3 Å². The van der Waals surface area contributed by atoms with E-state index in [1.165, 1.54) is 77.0 Å². The lowest BCUT2D eigenvalue weighted by atomic mass is 9.93. The molecule has 1 saturated heterocycles. The van der Waals surface area contributed by atoms with Crippen molar-refractivity contribution in [3.05, 3.63) is 0 Å². The molecule has 3 nitrogen and oxygen atoms in total. The van der Waals surface area contributed by atoms with Gasteiger partial charge in [-0.2, -0.15) is 0 Å². The van der Waals surface area contributed by atoms with E-state index in [4.69, 9.17) is 9.47 Å². The first-order valence-electron chi connectivity index (χ1n) is 10.8. The molecule has 0 amide bonds. The third-order valence-corrected chi connectivity index (χ3v) is 5.77. The fraction of sp³-hybridized carbons (Fsp3) is 1.00. The van der Waals surface area contributed by atoms with Crippen LogP contribution in [0.4, 0.5) is 0 Å². The summed E-state index contributed by atoms with van der Waals surface area (Å²) in [6.45, 7) is 8.43. The Bertz CT molecular complexity index is 304. The molecule has 2 rings (SSSR count). The van der Waals surface area contributed by atoms with Crippen molar-refractivity contribution in [2.24, 2.45) is 0 Å². The van der Waals surface area contributed by atoms with Crippen LogP contribution >= 0.6 is 0 Å². The molecule has 0 spiro atoms. The van der Waals surface area contributed by atoms with Gasteiger partial charge in [0, 0.05) is 19.1 Å². The molecule has 1 aliphatic carbocycles. The summed E-state index contributed by atoms with van der Waals surface area (Å²) in [7, 11) is 0. The van der Waals surface area contributed by atoms with Crippen molar-refractivity contribution in [3.63, 3.8) is 0 Å². The Kier molecular flexibility index (Phi) is 10.3. The minimum absolute atomic E-state index is 0.288. The average Bonchev–Trinajstić information content (AvgIpc) is 2.64. The highest BCUT2D eigenvalue weighted by Crippen LogP contribution is 2.24. The second-order valence-electron chi connectivity index (χ2n) is 7.87. The second-order valence-corrected chi connectivity index (χ2v) is 7.87. The van der Waals surface area contributed by atoms with Crippen LogP contribution in [0.25, 0.3) is 0 Å². The van der Waals surface area contributed by atoms with Crippen molar-refractivity contribution in [2.45, 2.75) is 109 Å². The predicted octanol–water partition coefficient (Wildman–Crippen LogP) is 5.18. The topological polar surface area (TPSA) is 21.7 Å². The number of unbranched alkanes of at least 4 members (excludes halogenated alkanes) is 3. The van der Waals surface area contributed by atoms with Crippen LogP contribution in [0.3, 0.4) is 0 Å². The molecule has 2 unspecified atom stereocenters. The second kappa shape index (κ2) is 12.3. The summed E-state index contributed by atoms with van der Waals surface area (Å²) in [5.41, 5.74) is 0. The van der Waals surface area contributed by atoms with Gasteiger partial charge in [-0.15, -0.1) is 0 Å². The summed E-state index contributed by atoms with van der Waals surface area (Å²) in [6.07, 6.45) is 16.8. The van der Waals surface area contributed by atoms with Crippen molar-refractivity contribution < 1.29 is 9.47 Å². The summed E-state index contributed by atoms with van der Waals surface area (Å²) in [5.74, 6) is 0. The first kappa shape index (κ1) is 20.2. The molecule has 0 aromatic carbocycles. The monoisotopic (exact) mass is 339 g/mol. The minimum Gasteiger partial charge on any atom is -0.375 e. The summed E-state index contributed by atoms with van der Waals surface area (Å²) >= 11 is 0. The molecule has 2 aliphatic rings. The van der Waals surface area contributed by atoms with Gasteiger partial charge in [0.15, 0.2) is 0 Å². The molecule has 24 heavy (non-hydrogen) atoms. The van der Waals surface area contributed by atoms with Crippen molar-refractivity contribution in [2.75, 3.05) is 26.3 Å². The Morgan fingerprint density at radius 2 is 1.83 bits per heavy atom. The van der Waals surface area contributed by atoms with Crippen molar-refractivity contribution in [1.29, 1.82) is 0 Å². The third kappa shape index (κ3) is 7.41. The Labute approximate surface area is 150 Å². The van der Waals surface area contributed by atoms with Gasteiger partial charge in [-0.3, -0.25) is 4.90 Å². The van der Waals surface area contributed by atoms with E-state index in [-0.39, 0.29) is 6.10 Å². The Morgan fingerprint density at radius 1 is 1.00 bits per heavy atom. The summed E-state index contributed by atoms with van der Waals surface area (Å²) in [4.78, 5) is 2.69. The number of morpholine rings is 1. The molecule has 0 aromatic rings. The van der Waals surface area contributed by atoms with E-state index in [2.05, 4.69) is 18.7 Å². The van der Waals surface area contributed by atoms with Crippen LogP contribution in [0.5, 0.6) is 0 Å². The lowest BCUT2D eigenvalue weighted by Gasteiger charge is -2.40. The number of ether oxygens (including phenoxy) is 2. The van der Waals surface area contributed by atoms with Crippen molar-refractivity contribution in [3.8, 4) is 0 Å². The van der Waals surface area contributed by atoms with E-state index in [0.29, 0.717) is 6.10 Å². The molecule has 1 saturated carbocycles. The van der Waals surface area contributed by atoms with Crippen LogP contribution in [-0.2, 0) is 9.47 Å². The molecular weight excluding hydrogens is 298 g/mol. The fourth-order valence-electron chi connectivity index (χ4n) is 4.30. The Morgan fingerprint density at radius 3 is 2.58 bits per heavy atom. The quantitative estimate of drug-likeness (QED) is 0.484. The maximum Gasteiger partial charge on any atom is 0.0935 e. The van der Waals surface area contributed by atoms with Gasteiger partial charge in [-0.05, 0) is 25.7 Å². The smallest absolute Gasteiger partial charge is 0.0935 e. The molecule has 2 fully saturated rings. The molecule has 3 heteroatoms. The molecule has 1 aliphatic heterocycles. The van der Waals surface area contributed by atoms with Crippen LogP contribution in [-0.4, -0.2) is 49.5 Å². The van der Waals surface area contributed by atoms with Gasteiger partial charge in [0.25, 0.3) is 0 Å². The first-order chi connectivity index (χ1) is 11.8. The van der Waals surface area contributed by atoms with Gasteiger partial charge < -0.3 is 9.47 Å². The third-order valence-electron chi connectivity index (χ3n) is 5.77. The van der Waals surface area contributed by atoms with E-state index < -0.39 is 0 Å². The number of rotatable bonds is 11. The largest absolute Gasteiger partial charge is 0.375 e. The van der Waals surface area contributed by atoms with Gasteiger partial charge >= 0.3 is 0 Å². The molecule has 2 atom stereocenters.